The molecule has 0 aliphatic carbocycles. The number of esters is 1. The quantitative estimate of drug-likeness (QED) is 0.669. The van der Waals surface area contributed by atoms with Gasteiger partial charge in [0.1, 0.15) is 11.6 Å². The topological polar surface area (TPSA) is 84.9 Å². The predicted octanol–water partition coefficient (Wildman–Crippen LogP) is 2.85. The Labute approximate surface area is 174 Å². The molecule has 0 heterocycles. The fraction of sp³-hybridized carbons (Fsp3) is 0.318. The van der Waals surface area contributed by atoms with E-state index in [4.69, 9.17) is 9.47 Å². The zero-order valence-corrected chi connectivity index (χ0v) is 17.4. The number of ether oxygens (including phenoxy) is 2. The first-order valence-corrected chi connectivity index (χ1v) is 9.36. The van der Waals surface area contributed by atoms with Crippen LogP contribution in [0.3, 0.4) is 0 Å². The van der Waals surface area contributed by atoms with Crippen LogP contribution in [0.15, 0.2) is 42.5 Å². The van der Waals surface area contributed by atoms with Crippen molar-refractivity contribution < 1.29 is 28.2 Å². The van der Waals surface area contributed by atoms with Gasteiger partial charge in [-0.15, -0.1) is 0 Å². The van der Waals surface area contributed by atoms with E-state index >= 15 is 0 Å². The second-order valence-electron chi connectivity index (χ2n) is 6.89. The maximum atomic E-state index is 12.9. The van der Waals surface area contributed by atoms with Crippen LogP contribution < -0.4 is 10.1 Å². The van der Waals surface area contributed by atoms with Crippen molar-refractivity contribution in [3.8, 4) is 5.75 Å². The molecule has 0 fully saturated rings. The van der Waals surface area contributed by atoms with E-state index in [-0.39, 0.29) is 12.5 Å². The summed E-state index contributed by atoms with van der Waals surface area (Å²) in [7, 11) is 1.44. The van der Waals surface area contributed by atoms with Gasteiger partial charge < -0.3 is 19.7 Å². The van der Waals surface area contributed by atoms with Crippen LogP contribution in [0.4, 0.5) is 10.1 Å². The van der Waals surface area contributed by atoms with E-state index in [2.05, 4.69) is 5.32 Å². The molecule has 0 radical (unpaired) electrons. The lowest BCUT2D eigenvalue weighted by Crippen LogP contribution is -2.38. The molecule has 0 aliphatic rings. The number of benzene rings is 2. The largest absolute Gasteiger partial charge is 0.479 e. The summed E-state index contributed by atoms with van der Waals surface area (Å²) in [6, 6.07) is 10.8. The van der Waals surface area contributed by atoms with Crippen LogP contribution in [0.1, 0.15) is 18.1 Å². The van der Waals surface area contributed by atoms with E-state index in [9.17, 15) is 18.8 Å². The van der Waals surface area contributed by atoms with Crippen molar-refractivity contribution in [3.63, 3.8) is 0 Å². The molecule has 0 aromatic heterocycles. The van der Waals surface area contributed by atoms with Crippen LogP contribution in [0.25, 0.3) is 0 Å². The molecule has 0 aliphatic heterocycles. The third kappa shape index (κ3) is 6.58. The maximum Gasteiger partial charge on any atom is 0.347 e. The number of nitrogens with zero attached hydrogens (tertiary/aromatic N) is 1. The number of rotatable bonds is 8. The molecule has 160 valence electrons. The van der Waals surface area contributed by atoms with Crippen LogP contribution in [-0.2, 0) is 19.1 Å². The molecule has 2 aromatic carbocycles. The molecule has 30 heavy (non-hydrogen) atoms. The number of amides is 2. The minimum atomic E-state index is -0.985. The minimum Gasteiger partial charge on any atom is -0.479 e. The SMILES string of the molecule is Cc1cccc(C)c1NC(=O)CN(C)C(=O)COC(=O)[C@@H](C)Oc1ccc(F)cc1. The molecular weight excluding hydrogens is 391 g/mol. The Bertz CT molecular complexity index is 894. The number of halogens is 1. The van der Waals surface area contributed by atoms with E-state index in [0.717, 1.165) is 11.1 Å². The molecule has 1 N–H and O–H groups in total. The van der Waals surface area contributed by atoms with Gasteiger partial charge in [-0.05, 0) is 56.2 Å². The van der Waals surface area contributed by atoms with Crippen molar-refractivity contribution in [1.82, 2.24) is 4.90 Å². The van der Waals surface area contributed by atoms with Crippen molar-refractivity contribution >= 4 is 23.5 Å². The van der Waals surface area contributed by atoms with Crippen LogP contribution >= 0.6 is 0 Å². The summed E-state index contributed by atoms with van der Waals surface area (Å²) in [4.78, 5) is 37.6. The molecule has 2 rings (SSSR count). The van der Waals surface area contributed by atoms with E-state index in [1.54, 1.807) is 0 Å². The van der Waals surface area contributed by atoms with Gasteiger partial charge >= 0.3 is 5.97 Å². The number of carbonyl (C=O) groups is 3. The Morgan fingerprint density at radius 2 is 1.67 bits per heavy atom. The lowest BCUT2D eigenvalue weighted by Gasteiger charge is -2.19. The molecule has 8 heteroatoms. The molecule has 0 saturated heterocycles. The molecule has 7 nitrogen and oxygen atoms in total. The number of para-hydroxylation sites is 1. The summed E-state index contributed by atoms with van der Waals surface area (Å²) in [6.45, 7) is 4.50. The van der Waals surface area contributed by atoms with Gasteiger partial charge in [0.25, 0.3) is 5.91 Å². The zero-order chi connectivity index (χ0) is 22.3. The predicted molar refractivity (Wildman–Crippen MR) is 110 cm³/mol. The number of nitrogens with one attached hydrogen (secondary N) is 1. The Morgan fingerprint density at radius 1 is 1.07 bits per heavy atom. The minimum absolute atomic E-state index is 0.189. The number of likely N-dealkylation sites (N-methyl/N-ethyl adjacent to an activating group) is 1. The molecule has 2 aromatic rings. The zero-order valence-electron chi connectivity index (χ0n) is 17.4. The summed E-state index contributed by atoms with van der Waals surface area (Å²) in [6.07, 6.45) is -0.985. The van der Waals surface area contributed by atoms with Crippen molar-refractivity contribution in [2.75, 3.05) is 25.5 Å². The first-order chi connectivity index (χ1) is 14.2. The van der Waals surface area contributed by atoms with Gasteiger partial charge in [0.2, 0.25) is 5.91 Å². The van der Waals surface area contributed by atoms with Crippen LogP contribution in [0.5, 0.6) is 5.75 Å². The molecular formula is C22H25FN2O5. The molecule has 0 saturated carbocycles. The number of aryl methyl sites for hydroxylation is 2. The lowest BCUT2D eigenvalue weighted by molar-refractivity contribution is -0.157. The summed E-state index contributed by atoms with van der Waals surface area (Å²) in [5, 5.41) is 2.79. The second kappa shape index (κ2) is 10.4. The first-order valence-electron chi connectivity index (χ1n) is 9.36. The number of anilines is 1. The van der Waals surface area contributed by atoms with Gasteiger partial charge in [0, 0.05) is 12.7 Å². The molecule has 1 atom stereocenters. The van der Waals surface area contributed by atoms with Crippen LogP contribution in [0.2, 0.25) is 0 Å². The van der Waals surface area contributed by atoms with Gasteiger partial charge in [-0.2, -0.15) is 0 Å². The highest BCUT2D eigenvalue weighted by molar-refractivity contribution is 5.96. The Balaban J connectivity index is 1.79. The molecule has 0 unspecified atom stereocenters. The van der Waals surface area contributed by atoms with Crippen molar-refractivity contribution in [2.24, 2.45) is 0 Å². The Morgan fingerprint density at radius 3 is 2.27 bits per heavy atom. The molecule has 0 bridgehead atoms. The normalized spacial score (nSPS) is 11.4. The van der Waals surface area contributed by atoms with Crippen LogP contribution in [-0.4, -0.2) is 49.0 Å². The third-order valence-electron chi connectivity index (χ3n) is 4.35. The van der Waals surface area contributed by atoms with Gasteiger partial charge in [-0.1, -0.05) is 18.2 Å². The van der Waals surface area contributed by atoms with E-state index in [1.165, 1.54) is 43.1 Å². The van der Waals surface area contributed by atoms with Gasteiger partial charge in [0.05, 0.1) is 6.54 Å². The van der Waals surface area contributed by atoms with Crippen molar-refractivity contribution in [3.05, 3.63) is 59.4 Å². The average molecular weight is 416 g/mol. The molecule has 2 amide bonds. The van der Waals surface area contributed by atoms with E-state index < -0.39 is 30.4 Å². The summed E-state index contributed by atoms with van der Waals surface area (Å²) in [5.41, 5.74) is 2.55. The smallest absolute Gasteiger partial charge is 0.347 e. The molecule has 0 spiro atoms. The average Bonchev–Trinajstić information content (AvgIpc) is 2.70. The van der Waals surface area contributed by atoms with Gasteiger partial charge in [-0.25, -0.2) is 9.18 Å². The van der Waals surface area contributed by atoms with E-state index in [1.807, 2.05) is 32.0 Å². The second-order valence-corrected chi connectivity index (χ2v) is 6.89. The number of carbonyl (C=O) groups excluding carboxylic acids is 3. The summed E-state index contributed by atoms with van der Waals surface area (Å²) < 4.78 is 23.2. The number of hydrogen-bond acceptors (Lipinski definition) is 5. The highest BCUT2D eigenvalue weighted by atomic mass is 19.1. The highest BCUT2D eigenvalue weighted by Gasteiger charge is 2.20. The van der Waals surface area contributed by atoms with Gasteiger partial charge in [-0.3, -0.25) is 9.59 Å². The van der Waals surface area contributed by atoms with E-state index in [0.29, 0.717) is 11.4 Å². The maximum absolute atomic E-state index is 12.9. The van der Waals surface area contributed by atoms with Gasteiger partial charge in [0.15, 0.2) is 12.7 Å². The third-order valence-corrected chi connectivity index (χ3v) is 4.35. The van der Waals surface area contributed by atoms with Crippen LogP contribution in [0, 0.1) is 19.7 Å². The lowest BCUT2D eigenvalue weighted by atomic mass is 10.1. The Kier molecular flexibility index (Phi) is 7.91. The highest BCUT2D eigenvalue weighted by Crippen LogP contribution is 2.19. The number of hydrogen-bond donors (Lipinski definition) is 1. The summed E-state index contributed by atoms with van der Waals surface area (Å²) >= 11 is 0. The standard InChI is InChI=1S/C22H25FN2O5/c1-14-6-5-7-15(2)21(14)24-19(26)12-25(4)20(27)13-29-22(28)16(3)30-18-10-8-17(23)9-11-18/h5-11,16H,12-13H2,1-4H3,(H,24,26)/t16-/m1/s1. The summed E-state index contributed by atoms with van der Waals surface area (Å²) in [5.74, 6) is -1.77. The van der Waals surface area contributed by atoms with Crippen molar-refractivity contribution in [2.45, 2.75) is 26.9 Å². The Hall–Kier alpha value is -3.42. The fourth-order valence-corrected chi connectivity index (χ4v) is 2.62. The fourth-order valence-electron chi connectivity index (χ4n) is 2.62. The van der Waals surface area contributed by atoms with Crippen molar-refractivity contribution in [1.29, 1.82) is 0 Å². The first kappa shape index (κ1) is 22.9. The monoisotopic (exact) mass is 416 g/mol.